The van der Waals surface area contributed by atoms with Gasteiger partial charge in [-0.2, -0.15) is 0 Å². The van der Waals surface area contributed by atoms with Crippen LogP contribution in [0.1, 0.15) is 5.56 Å². The zero-order valence-corrected chi connectivity index (χ0v) is 12.2. The number of fused-ring (bicyclic) bond motifs is 1. The van der Waals surface area contributed by atoms with Gasteiger partial charge in [0.2, 0.25) is 0 Å². The zero-order chi connectivity index (χ0) is 13.2. The Bertz CT molecular complexity index is 718. The molecule has 3 rings (SSSR count). The highest BCUT2D eigenvalue weighted by molar-refractivity contribution is 9.10. The fourth-order valence-corrected chi connectivity index (χ4v) is 2.83. The number of hydrogen-bond acceptors (Lipinski definition) is 1. The van der Waals surface area contributed by atoms with Gasteiger partial charge < -0.3 is 9.30 Å². The van der Waals surface area contributed by atoms with Crippen molar-refractivity contribution >= 4 is 26.8 Å². The van der Waals surface area contributed by atoms with Crippen molar-refractivity contribution in [2.45, 2.75) is 6.54 Å². The van der Waals surface area contributed by atoms with Gasteiger partial charge in [-0.25, -0.2) is 0 Å². The van der Waals surface area contributed by atoms with Crippen molar-refractivity contribution in [1.82, 2.24) is 4.57 Å². The fraction of sp³-hybridized carbons (Fsp3) is 0.125. The summed E-state index contributed by atoms with van der Waals surface area (Å²) in [6, 6.07) is 16.5. The third-order valence-corrected chi connectivity index (χ3v) is 3.99. The summed E-state index contributed by atoms with van der Waals surface area (Å²) in [5.74, 6) is 0.930. The van der Waals surface area contributed by atoms with E-state index < -0.39 is 0 Å². The molecule has 0 atom stereocenters. The van der Waals surface area contributed by atoms with E-state index in [0.29, 0.717) is 0 Å². The second-order valence-corrected chi connectivity index (χ2v) is 5.28. The molecule has 0 fully saturated rings. The second-order valence-electron chi connectivity index (χ2n) is 4.43. The average molecular weight is 316 g/mol. The highest BCUT2D eigenvalue weighted by Gasteiger charge is 2.07. The van der Waals surface area contributed by atoms with E-state index in [1.165, 1.54) is 16.5 Å². The lowest BCUT2D eigenvalue weighted by molar-refractivity contribution is 0.408. The van der Waals surface area contributed by atoms with Crippen LogP contribution in [0, 0.1) is 0 Å². The van der Waals surface area contributed by atoms with Gasteiger partial charge in [-0.1, -0.05) is 40.2 Å². The molecule has 2 nitrogen and oxygen atoms in total. The minimum absolute atomic E-state index is 0.809. The molecule has 0 aliphatic rings. The molecule has 0 aliphatic heterocycles. The second kappa shape index (κ2) is 5.10. The Labute approximate surface area is 120 Å². The Balaban J connectivity index is 2.04. The van der Waals surface area contributed by atoms with Gasteiger partial charge in [-0.3, -0.25) is 0 Å². The number of hydrogen-bond donors (Lipinski definition) is 0. The van der Waals surface area contributed by atoms with Crippen LogP contribution in [0.15, 0.2) is 59.2 Å². The molecule has 3 heteroatoms. The molecule has 0 aliphatic carbocycles. The van der Waals surface area contributed by atoms with E-state index in [-0.39, 0.29) is 0 Å². The molecule has 3 aromatic rings. The van der Waals surface area contributed by atoms with Crippen molar-refractivity contribution in [1.29, 1.82) is 0 Å². The summed E-state index contributed by atoms with van der Waals surface area (Å²) in [5, 5.41) is 1.23. The molecular weight excluding hydrogens is 302 g/mol. The molecule has 0 saturated heterocycles. The third-order valence-electron chi connectivity index (χ3n) is 3.29. The highest BCUT2D eigenvalue weighted by Crippen LogP contribution is 2.26. The molecule has 1 heterocycles. The van der Waals surface area contributed by atoms with Crippen molar-refractivity contribution in [3.63, 3.8) is 0 Å². The molecule has 0 N–H and O–H groups in total. The Morgan fingerprint density at radius 3 is 2.74 bits per heavy atom. The van der Waals surface area contributed by atoms with E-state index in [1.807, 2.05) is 18.2 Å². The first-order valence-corrected chi connectivity index (χ1v) is 6.94. The van der Waals surface area contributed by atoms with E-state index in [9.17, 15) is 0 Å². The van der Waals surface area contributed by atoms with Gasteiger partial charge in [-0.15, -0.1) is 0 Å². The van der Waals surface area contributed by atoms with Gasteiger partial charge in [-0.05, 0) is 24.3 Å². The standard InChI is InChI=1S/C16H14BrNO/c1-19-16-8-3-2-5-12(16)11-18-10-9-13-14(17)6-4-7-15(13)18/h2-10H,11H2,1H3. The maximum atomic E-state index is 5.41. The third kappa shape index (κ3) is 2.26. The van der Waals surface area contributed by atoms with Gasteiger partial charge >= 0.3 is 0 Å². The van der Waals surface area contributed by atoms with Gasteiger partial charge in [0, 0.05) is 27.1 Å². The molecule has 0 amide bonds. The van der Waals surface area contributed by atoms with Crippen LogP contribution < -0.4 is 4.74 Å². The summed E-state index contributed by atoms with van der Waals surface area (Å²) < 4.78 is 8.77. The van der Waals surface area contributed by atoms with Crippen molar-refractivity contribution in [3.8, 4) is 5.75 Å². The largest absolute Gasteiger partial charge is 0.496 e. The van der Waals surface area contributed by atoms with E-state index in [0.717, 1.165) is 16.8 Å². The van der Waals surface area contributed by atoms with Crippen molar-refractivity contribution in [3.05, 3.63) is 64.8 Å². The normalized spacial score (nSPS) is 10.8. The molecule has 19 heavy (non-hydrogen) atoms. The molecule has 0 radical (unpaired) electrons. The number of nitrogens with zero attached hydrogens (tertiary/aromatic N) is 1. The van der Waals surface area contributed by atoms with Crippen LogP contribution in [0.5, 0.6) is 5.75 Å². The van der Waals surface area contributed by atoms with Crippen LogP contribution >= 0.6 is 15.9 Å². The minimum atomic E-state index is 0.809. The molecule has 2 aromatic carbocycles. The topological polar surface area (TPSA) is 14.2 Å². The summed E-state index contributed by atoms with van der Waals surface area (Å²) in [4.78, 5) is 0. The van der Waals surface area contributed by atoms with Crippen LogP contribution in [0.4, 0.5) is 0 Å². The zero-order valence-electron chi connectivity index (χ0n) is 10.6. The van der Waals surface area contributed by atoms with E-state index in [4.69, 9.17) is 4.74 Å². The van der Waals surface area contributed by atoms with Crippen LogP contribution in [-0.4, -0.2) is 11.7 Å². The summed E-state index contributed by atoms with van der Waals surface area (Å²) in [6.07, 6.45) is 2.11. The Hall–Kier alpha value is -1.74. The van der Waals surface area contributed by atoms with Crippen LogP contribution in [0.3, 0.4) is 0 Å². The Morgan fingerprint density at radius 2 is 1.89 bits per heavy atom. The number of para-hydroxylation sites is 1. The summed E-state index contributed by atoms with van der Waals surface area (Å²) in [6.45, 7) is 0.809. The smallest absolute Gasteiger partial charge is 0.123 e. The number of benzene rings is 2. The van der Waals surface area contributed by atoms with Crippen LogP contribution in [0.25, 0.3) is 10.9 Å². The highest BCUT2D eigenvalue weighted by atomic mass is 79.9. The maximum Gasteiger partial charge on any atom is 0.123 e. The summed E-state index contributed by atoms with van der Waals surface area (Å²) >= 11 is 3.59. The lowest BCUT2D eigenvalue weighted by atomic mass is 10.2. The summed E-state index contributed by atoms with van der Waals surface area (Å²) in [7, 11) is 1.71. The quantitative estimate of drug-likeness (QED) is 0.696. The minimum Gasteiger partial charge on any atom is -0.496 e. The number of halogens is 1. The fourth-order valence-electron chi connectivity index (χ4n) is 2.34. The summed E-state index contributed by atoms with van der Waals surface area (Å²) in [5.41, 5.74) is 2.41. The lowest BCUT2D eigenvalue weighted by Crippen LogP contribution is -2.00. The molecule has 96 valence electrons. The monoisotopic (exact) mass is 315 g/mol. The molecular formula is C16H14BrNO. The molecule has 0 unspecified atom stereocenters. The number of rotatable bonds is 3. The Kier molecular flexibility index (Phi) is 3.30. The molecule has 0 spiro atoms. The molecule has 1 aromatic heterocycles. The SMILES string of the molecule is COc1ccccc1Cn1ccc2c(Br)cccc21. The molecule has 0 bridgehead atoms. The van der Waals surface area contributed by atoms with Gasteiger partial charge in [0.15, 0.2) is 0 Å². The first-order valence-electron chi connectivity index (χ1n) is 6.15. The molecule has 0 saturated carbocycles. The number of ether oxygens (including phenoxy) is 1. The van der Waals surface area contributed by atoms with E-state index in [2.05, 4.69) is 57.0 Å². The number of aromatic nitrogens is 1. The van der Waals surface area contributed by atoms with E-state index in [1.54, 1.807) is 7.11 Å². The van der Waals surface area contributed by atoms with Crippen LogP contribution in [-0.2, 0) is 6.54 Å². The van der Waals surface area contributed by atoms with Crippen LogP contribution in [0.2, 0.25) is 0 Å². The maximum absolute atomic E-state index is 5.41. The lowest BCUT2D eigenvalue weighted by Gasteiger charge is -2.10. The van der Waals surface area contributed by atoms with Crippen molar-refractivity contribution in [2.24, 2.45) is 0 Å². The predicted molar refractivity (Wildman–Crippen MR) is 81.7 cm³/mol. The van der Waals surface area contributed by atoms with Crippen molar-refractivity contribution < 1.29 is 4.74 Å². The number of methoxy groups -OCH3 is 1. The van der Waals surface area contributed by atoms with Crippen molar-refractivity contribution in [2.75, 3.05) is 7.11 Å². The van der Waals surface area contributed by atoms with Gasteiger partial charge in [0.05, 0.1) is 13.7 Å². The first kappa shape index (κ1) is 12.3. The van der Waals surface area contributed by atoms with Gasteiger partial charge in [0.25, 0.3) is 0 Å². The predicted octanol–water partition coefficient (Wildman–Crippen LogP) is 4.46. The van der Waals surface area contributed by atoms with Gasteiger partial charge in [0.1, 0.15) is 5.75 Å². The van der Waals surface area contributed by atoms with E-state index >= 15 is 0 Å². The average Bonchev–Trinajstić information content (AvgIpc) is 2.84. The Morgan fingerprint density at radius 1 is 1.05 bits per heavy atom. The first-order chi connectivity index (χ1) is 9.29.